The molecule has 0 unspecified atom stereocenters. The van der Waals surface area contributed by atoms with Gasteiger partial charge in [-0.05, 0) is 36.8 Å². The van der Waals surface area contributed by atoms with Gasteiger partial charge >= 0.3 is 5.97 Å². The number of carbonyl (C=O) groups excluding carboxylic acids is 1. The summed E-state index contributed by atoms with van der Waals surface area (Å²) in [7, 11) is 0. The zero-order chi connectivity index (χ0) is 16.1. The van der Waals surface area contributed by atoms with Crippen LogP contribution < -0.4 is 9.47 Å². The van der Waals surface area contributed by atoms with E-state index in [-0.39, 0.29) is 24.7 Å². The van der Waals surface area contributed by atoms with Gasteiger partial charge in [-0.3, -0.25) is 4.79 Å². The van der Waals surface area contributed by atoms with Crippen molar-refractivity contribution in [3.8, 4) is 11.5 Å². The summed E-state index contributed by atoms with van der Waals surface area (Å²) in [6, 6.07) is 9.66. The lowest BCUT2D eigenvalue weighted by Crippen LogP contribution is -2.09. The fourth-order valence-electron chi connectivity index (χ4n) is 1.84. The maximum atomic E-state index is 13.8. The maximum Gasteiger partial charge on any atom is 0.310 e. The predicted molar refractivity (Wildman–Crippen MR) is 82.8 cm³/mol. The summed E-state index contributed by atoms with van der Waals surface area (Å²) in [5, 5.41) is 0.397. The van der Waals surface area contributed by atoms with Crippen LogP contribution >= 0.6 is 11.6 Å². The molecule has 5 heteroatoms. The summed E-state index contributed by atoms with van der Waals surface area (Å²) in [4.78, 5) is 11.4. The van der Waals surface area contributed by atoms with Crippen LogP contribution in [0.4, 0.5) is 4.39 Å². The normalized spacial score (nSPS) is 10.4. The van der Waals surface area contributed by atoms with E-state index in [0.29, 0.717) is 16.3 Å². The minimum Gasteiger partial charge on any atom is -0.486 e. The maximum absolute atomic E-state index is 13.8. The van der Waals surface area contributed by atoms with E-state index in [2.05, 4.69) is 0 Å². The molecule has 0 spiro atoms. The van der Waals surface area contributed by atoms with Gasteiger partial charge in [0.15, 0.2) is 11.6 Å². The highest BCUT2D eigenvalue weighted by Crippen LogP contribution is 2.29. The van der Waals surface area contributed by atoms with Gasteiger partial charge in [0.2, 0.25) is 0 Å². The molecule has 22 heavy (non-hydrogen) atoms. The third-order valence-corrected chi connectivity index (χ3v) is 3.40. The highest BCUT2D eigenvalue weighted by Gasteiger charge is 2.13. The van der Waals surface area contributed by atoms with Gasteiger partial charge in [-0.15, -0.1) is 0 Å². The van der Waals surface area contributed by atoms with Gasteiger partial charge in [0, 0.05) is 6.42 Å². The molecule has 2 rings (SSSR count). The lowest BCUT2D eigenvalue weighted by atomic mass is 10.2. The Kier molecular flexibility index (Phi) is 5.39. The largest absolute Gasteiger partial charge is 0.486 e. The van der Waals surface area contributed by atoms with Crippen LogP contribution in [0.3, 0.4) is 0 Å². The van der Waals surface area contributed by atoms with E-state index in [4.69, 9.17) is 21.1 Å². The Balaban J connectivity index is 2.19. The smallest absolute Gasteiger partial charge is 0.310 e. The summed E-state index contributed by atoms with van der Waals surface area (Å²) in [6.07, 6.45) is 0.249. The van der Waals surface area contributed by atoms with Gasteiger partial charge in [0.25, 0.3) is 0 Å². The molecule has 0 saturated heterocycles. The number of carbonyl (C=O) groups is 1. The SMILES string of the molecule is CCC(=O)Oc1cccc(Cl)c1COc1ccc(C)cc1F. The Labute approximate surface area is 133 Å². The lowest BCUT2D eigenvalue weighted by molar-refractivity contribution is -0.134. The summed E-state index contributed by atoms with van der Waals surface area (Å²) in [5.74, 6) is -0.366. The first kappa shape index (κ1) is 16.3. The molecule has 0 heterocycles. The van der Waals surface area contributed by atoms with Gasteiger partial charge in [-0.1, -0.05) is 30.7 Å². The Morgan fingerprint density at radius 1 is 1.23 bits per heavy atom. The fourth-order valence-corrected chi connectivity index (χ4v) is 2.06. The first-order valence-electron chi connectivity index (χ1n) is 6.88. The molecule has 0 fully saturated rings. The van der Waals surface area contributed by atoms with Crippen LogP contribution in [0.2, 0.25) is 5.02 Å². The van der Waals surface area contributed by atoms with Crippen molar-refractivity contribution < 1.29 is 18.7 Å². The van der Waals surface area contributed by atoms with Crippen molar-refractivity contribution in [3.63, 3.8) is 0 Å². The number of aryl methyl sites for hydroxylation is 1. The van der Waals surface area contributed by atoms with E-state index < -0.39 is 5.82 Å². The number of halogens is 2. The number of hydrogen-bond acceptors (Lipinski definition) is 3. The van der Waals surface area contributed by atoms with Crippen molar-refractivity contribution in [3.05, 3.63) is 58.4 Å². The Bertz CT molecular complexity index is 686. The minimum atomic E-state index is -0.445. The third-order valence-electron chi connectivity index (χ3n) is 3.05. The number of benzene rings is 2. The zero-order valence-electron chi connectivity index (χ0n) is 12.4. The molecule has 0 N–H and O–H groups in total. The van der Waals surface area contributed by atoms with Gasteiger partial charge in [-0.25, -0.2) is 4.39 Å². The van der Waals surface area contributed by atoms with Crippen LogP contribution in [0.25, 0.3) is 0 Å². The van der Waals surface area contributed by atoms with Crippen LogP contribution in [0.1, 0.15) is 24.5 Å². The van der Waals surface area contributed by atoms with Gasteiger partial charge in [0.05, 0.1) is 10.6 Å². The molecule has 3 nitrogen and oxygen atoms in total. The van der Waals surface area contributed by atoms with Crippen LogP contribution in [0.15, 0.2) is 36.4 Å². The molecule has 2 aromatic carbocycles. The monoisotopic (exact) mass is 322 g/mol. The average Bonchev–Trinajstić information content (AvgIpc) is 2.48. The van der Waals surface area contributed by atoms with E-state index in [9.17, 15) is 9.18 Å². The first-order valence-corrected chi connectivity index (χ1v) is 7.26. The summed E-state index contributed by atoms with van der Waals surface area (Å²) in [5.41, 5.74) is 1.31. The number of ether oxygens (including phenoxy) is 2. The van der Waals surface area contributed by atoms with Gasteiger partial charge in [0.1, 0.15) is 12.4 Å². The molecular formula is C17H16ClFO3. The average molecular weight is 323 g/mol. The summed E-state index contributed by atoms with van der Waals surface area (Å²) >= 11 is 6.12. The van der Waals surface area contributed by atoms with E-state index >= 15 is 0 Å². The minimum absolute atomic E-state index is 0.00593. The third kappa shape index (κ3) is 3.98. The summed E-state index contributed by atoms with van der Waals surface area (Å²) < 4.78 is 24.5. The molecule has 0 radical (unpaired) electrons. The zero-order valence-corrected chi connectivity index (χ0v) is 13.1. The Morgan fingerprint density at radius 2 is 2.00 bits per heavy atom. The van der Waals surface area contributed by atoms with Crippen molar-refractivity contribution >= 4 is 17.6 Å². The van der Waals surface area contributed by atoms with Crippen LogP contribution in [-0.2, 0) is 11.4 Å². The number of esters is 1. The van der Waals surface area contributed by atoms with Crippen molar-refractivity contribution in [1.82, 2.24) is 0 Å². The van der Waals surface area contributed by atoms with E-state index in [0.717, 1.165) is 5.56 Å². The molecule has 116 valence electrons. The predicted octanol–water partition coefficient (Wildman–Crippen LogP) is 4.68. The summed E-state index contributed by atoms with van der Waals surface area (Å²) in [6.45, 7) is 3.50. The van der Waals surface area contributed by atoms with Crippen molar-refractivity contribution in [2.75, 3.05) is 0 Å². The lowest BCUT2D eigenvalue weighted by Gasteiger charge is -2.13. The Hall–Kier alpha value is -2.07. The van der Waals surface area contributed by atoms with Crippen LogP contribution in [0, 0.1) is 12.7 Å². The van der Waals surface area contributed by atoms with Crippen molar-refractivity contribution in [2.45, 2.75) is 26.9 Å². The van der Waals surface area contributed by atoms with Crippen LogP contribution in [0.5, 0.6) is 11.5 Å². The molecule has 0 atom stereocenters. The van der Waals surface area contributed by atoms with Crippen LogP contribution in [-0.4, -0.2) is 5.97 Å². The molecule has 0 aliphatic rings. The second-order valence-corrected chi connectivity index (χ2v) is 5.17. The number of hydrogen-bond donors (Lipinski definition) is 0. The first-order chi connectivity index (χ1) is 10.5. The van der Waals surface area contributed by atoms with E-state index in [1.807, 2.05) is 0 Å². The van der Waals surface area contributed by atoms with Crippen molar-refractivity contribution in [2.24, 2.45) is 0 Å². The van der Waals surface area contributed by atoms with Gasteiger partial charge in [-0.2, -0.15) is 0 Å². The quantitative estimate of drug-likeness (QED) is 0.592. The molecule has 0 aliphatic carbocycles. The van der Waals surface area contributed by atoms with E-state index in [1.54, 1.807) is 44.2 Å². The highest BCUT2D eigenvalue weighted by atomic mass is 35.5. The molecule has 2 aromatic rings. The van der Waals surface area contributed by atoms with Gasteiger partial charge < -0.3 is 9.47 Å². The molecule has 0 saturated carbocycles. The second-order valence-electron chi connectivity index (χ2n) is 4.77. The number of rotatable bonds is 5. The second kappa shape index (κ2) is 7.27. The molecule has 0 bridgehead atoms. The molecule has 0 aliphatic heterocycles. The van der Waals surface area contributed by atoms with E-state index in [1.165, 1.54) is 6.07 Å². The highest BCUT2D eigenvalue weighted by molar-refractivity contribution is 6.31. The standard InChI is InChI=1S/C17H16ClFO3/c1-3-17(20)22-15-6-4-5-13(18)12(15)10-21-16-8-7-11(2)9-14(16)19/h4-9H,3,10H2,1-2H3. The van der Waals surface area contributed by atoms with Crippen molar-refractivity contribution in [1.29, 1.82) is 0 Å². The molecule has 0 amide bonds. The Morgan fingerprint density at radius 3 is 2.68 bits per heavy atom. The molecular weight excluding hydrogens is 307 g/mol. The molecule has 0 aromatic heterocycles. The topological polar surface area (TPSA) is 35.5 Å². The fraction of sp³-hybridized carbons (Fsp3) is 0.235.